The minimum absolute atomic E-state index is 0.134. The van der Waals surface area contributed by atoms with E-state index in [9.17, 15) is 4.79 Å². The van der Waals surface area contributed by atoms with Crippen molar-refractivity contribution >= 4 is 16.8 Å². The van der Waals surface area contributed by atoms with E-state index in [1.165, 1.54) is 0 Å². The summed E-state index contributed by atoms with van der Waals surface area (Å²) in [4.78, 5) is 20.7. The van der Waals surface area contributed by atoms with Gasteiger partial charge in [-0.2, -0.15) is 0 Å². The Kier molecular flexibility index (Phi) is 4.68. The molecular weight excluding hydrogens is 362 g/mol. The monoisotopic (exact) mass is 387 g/mol. The summed E-state index contributed by atoms with van der Waals surface area (Å²) in [6, 6.07) is 18.3. The lowest BCUT2D eigenvalue weighted by Gasteiger charge is -2.28. The molecular formula is C24H25N3O2. The van der Waals surface area contributed by atoms with Crippen molar-refractivity contribution in [1.29, 1.82) is 0 Å². The first-order valence-corrected chi connectivity index (χ1v) is 10.3. The molecule has 0 aliphatic carbocycles. The average Bonchev–Trinajstić information content (AvgIpc) is 3.04. The Bertz CT molecular complexity index is 1030. The number of fused-ring (bicyclic) bond motifs is 3. The second kappa shape index (κ2) is 7.48. The molecule has 1 aromatic heterocycles. The van der Waals surface area contributed by atoms with Gasteiger partial charge in [-0.05, 0) is 62.2 Å². The number of carbonyl (C=O) groups is 1. The number of nitrogens with one attached hydrogen (secondary N) is 1. The van der Waals surface area contributed by atoms with E-state index in [2.05, 4.69) is 10.2 Å². The molecule has 3 aromatic rings. The Balaban J connectivity index is 1.61. The molecule has 2 aromatic carbocycles. The first-order valence-electron chi connectivity index (χ1n) is 10.3. The zero-order valence-corrected chi connectivity index (χ0v) is 16.6. The molecule has 5 rings (SSSR count). The fraction of sp³-hybridized carbons (Fsp3) is 0.333. The van der Waals surface area contributed by atoms with Crippen molar-refractivity contribution in [3.63, 3.8) is 0 Å². The van der Waals surface area contributed by atoms with E-state index in [0.29, 0.717) is 6.04 Å². The number of pyridine rings is 1. The van der Waals surface area contributed by atoms with Crippen molar-refractivity contribution in [2.24, 2.45) is 0 Å². The van der Waals surface area contributed by atoms with E-state index in [4.69, 9.17) is 9.72 Å². The van der Waals surface area contributed by atoms with Gasteiger partial charge in [0.15, 0.2) is 0 Å². The number of amides is 1. The van der Waals surface area contributed by atoms with Gasteiger partial charge < -0.3 is 15.0 Å². The van der Waals surface area contributed by atoms with Crippen LogP contribution in [0.25, 0.3) is 22.2 Å². The molecule has 3 heterocycles. The molecule has 0 spiro atoms. The molecule has 29 heavy (non-hydrogen) atoms. The average molecular weight is 387 g/mol. The highest BCUT2D eigenvalue weighted by molar-refractivity contribution is 6.07. The number of carbonyl (C=O) groups excluding carboxylic acids is 1. The number of rotatable bonds is 3. The highest BCUT2D eigenvalue weighted by atomic mass is 16.5. The lowest BCUT2D eigenvalue weighted by atomic mass is 10.0. The maximum atomic E-state index is 13.8. The first-order chi connectivity index (χ1) is 14.2. The predicted molar refractivity (Wildman–Crippen MR) is 114 cm³/mol. The Labute approximate surface area is 170 Å². The zero-order valence-electron chi connectivity index (χ0n) is 16.6. The van der Waals surface area contributed by atoms with Crippen LogP contribution in [0.5, 0.6) is 5.75 Å². The fourth-order valence-corrected chi connectivity index (χ4v) is 4.72. The van der Waals surface area contributed by atoms with E-state index in [1.807, 2.05) is 54.6 Å². The predicted octanol–water partition coefficient (Wildman–Crippen LogP) is 3.88. The molecule has 2 atom stereocenters. The van der Waals surface area contributed by atoms with Gasteiger partial charge >= 0.3 is 0 Å². The lowest BCUT2D eigenvalue weighted by Crippen LogP contribution is -2.42. The van der Waals surface area contributed by atoms with Crippen molar-refractivity contribution in [1.82, 2.24) is 15.2 Å². The van der Waals surface area contributed by atoms with Crippen LogP contribution in [0.2, 0.25) is 0 Å². The third-order valence-electron chi connectivity index (χ3n) is 6.22. The summed E-state index contributed by atoms with van der Waals surface area (Å²) in [5.74, 6) is 0.939. The Hall–Kier alpha value is -2.92. The van der Waals surface area contributed by atoms with Crippen LogP contribution in [-0.4, -0.2) is 48.1 Å². The van der Waals surface area contributed by atoms with Gasteiger partial charge in [-0.3, -0.25) is 4.79 Å². The van der Waals surface area contributed by atoms with Gasteiger partial charge in [-0.1, -0.05) is 18.2 Å². The highest BCUT2D eigenvalue weighted by Crippen LogP contribution is 2.33. The zero-order chi connectivity index (χ0) is 19.8. The standard InChI is InChI=1S/C24H25N3O2/c1-29-19-10-6-16(7-11-19)23-14-21(20-4-2-3-5-22(20)26-23)24(28)27-17-8-9-18(27)15-25-13-12-17/h2-7,10-11,14,17-18,25H,8-9,12-13,15H2,1H3. The van der Waals surface area contributed by atoms with Gasteiger partial charge in [0.25, 0.3) is 5.91 Å². The minimum Gasteiger partial charge on any atom is -0.497 e. The summed E-state index contributed by atoms with van der Waals surface area (Å²) < 4.78 is 5.27. The van der Waals surface area contributed by atoms with Crippen LogP contribution in [0.15, 0.2) is 54.6 Å². The molecule has 148 valence electrons. The summed E-state index contributed by atoms with van der Waals surface area (Å²) >= 11 is 0. The molecule has 2 aliphatic heterocycles. The second-order valence-electron chi connectivity index (χ2n) is 7.89. The van der Waals surface area contributed by atoms with Crippen LogP contribution in [0.4, 0.5) is 0 Å². The number of methoxy groups -OCH3 is 1. The number of hydrogen-bond donors (Lipinski definition) is 1. The van der Waals surface area contributed by atoms with Crippen molar-refractivity contribution < 1.29 is 9.53 Å². The van der Waals surface area contributed by atoms with Gasteiger partial charge in [0.1, 0.15) is 5.75 Å². The summed E-state index contributed by atoms with van der Waals surface area (Å²) in [7, 11) is 1.66. The van der Waals surface area contributed by atoms with E-state index >= 15 is 0 Å². The van der Waals surface area contributed by atoms with Gasteiger partial charge in [0.2, 0.25) is 0 Å². The van der Waals surface area contributed by atoms with E-state index in [0.717, 1.165) is 65.8 Å². The number of aromatic nitrogens is 1. The summed E-state index contributed by atoms with van der Waals surface area (Å²) in [6.07, 6.45) is 3.21. The number of para-hydroxylation sites is 1. The topological polar surface area (TPSA) is 54.5 Å². The van der Waals surface area contributed by atoms with Crippen molar-refractivity contribution in [2.75, 3.05) is 20.2 Å². The van der Waals surface area contributed by atoms with Gasteiger partial charge in [-0.25, -0.2) is 4.98 Å². The van der Waals surface area contributed by atoms with Crippen LogP contribution in [0, 0.1) is 0 Å². The number of nitrogens with zero attached hydrogens (tertiary/aromatic N) is 2. The van der Waals surface area contributed by atoms with E-state index < -0.39 is 0 Å². The minimum atomic E-state index is 0.134. The van der Waals surface area contributed by atoms with Gasteiger partial charge in [-0.15, -0.1) is 0 Å². The van der Waals surface area contributed by atoms with Crippen LogP contribution < -0.4 is 10.1 Å². The van der Waals surface area contributed by atoms with Crippen molar-refractivity contribution in [3.05, 3.63) is 60.2 Å². The molecule has 2 bridgehead atoms. The van der Waals surface area contributed by atoms with Crippen LogP contribution >= 0.6 is 0 Å². The summed E-state index contributed by atoms with van der Waals surface area (Å²) in [5.41, 5.74) is 3.39. The highest BCUT2D eigenvalue weighted by Gasteiger charge is 2.38. The molecule has 1 amide bonds. The normalized spacial score (nSPS) is 21.2. The SMILES string of the molecule is COc1ccc(-c2cc(C(=O)N3C4CCNCC3CC4)c3ccccc3n2)cc1. The smallest absolute Gasteiger partial charge is 0.255 e. The number of benzene rings is 2. The summed E-state index contributed by atoms with van der Waals surface area (Å²) in [6.45, 7) is 1.87. The number of hydrogen-bond acceptors (Lipinski definition) is 4. The third kappa shape index (κ3) is 3.25. The van der Waals surface area contributed by atoms with E-state index in [1.54, 1.807) is 7.11 Å². The van der Waals surface area contributed by atoms with E-state index in [-0.39, 0.29) is 11.9 Å². The molecule has 2 aliphatic rings. The maximum Gasteiger partial charge on any atom is 0.255 e. The van der Waals surface area contributed by atoms with Crippen LogP contribution in [0.3, 0.4) is 0 Å². The van der Waals surface area contributed by atoms with Crippen molar-refractivity contribution in [2.45, 2.75) is 31.3 Å². The Morgan fingerprint density at radius 1 is 1.07 bits per heavy atom. The Morgan fingerprint density at radius 2 is 1.86 bits per heavy atom. The number of ether oxygens (including phenoxy) is 1. The lowest BCUT2D eigenvalue weighted by molar-refractivity contribution is 0.0682. The summed E-state index contributed by atoms with van der Waals surface area (Å²) in [5, 5.41) is 4.40. The van der Waals surface area contributed by atoms with Crippen LogP contribution in [0.1, 0.15) is 29.6 Å². The van der Waals surface area contributed by atoms with Gasteiger partial charge in [0.05, 0.1) is 23.9 Å². The third-order valence-corrected chi connectivity index (χ3v) is 6.22. The van der Waals surface area contributed by atoms with Crippen LogP contribution in [-0.2, 0) is 0 Å². The van der Waals surface area contributed by atoms with Gasteiger partial charge in [0, 0.05) is 29.6 Å². The first kappa shape index (κ1) is 18.1. The fourth-order valence-electron chi connectivity index (χ4n) is 4.72. The quantitative estimate of drug-likeness (QED) is 0.741. The second-order valence-corrected chi connectivity index (χ2v) is 7.89. The largest absolute Gasteiger partial charge is 0.497 e. The molecule has 0 radical (unpaired) electrons. The molecule has 5 heteroatoms. The maximum absolute atomic E-state index is 13.8. The Morgan fingerprint density at radius 3 is 2.69 bits per heavy atom. The molecule has 2 saturated heterocycles. The molecule has 2 unspecified atom stereocenters. The molecule has 1 N–H and O–H groups in total. The molecule has 2 fully saturated rings. The molecule has 5 nitrogen and oxygen atoms in total. The van der Waals surface area contributed by atoms with Crippen molar-refractivity contribution in [3.8, 4) is 17.0 Å². The molecule has 0 saturated carbocycles.